The molecule has 8 aromatic rings. The summed E-state index contributed by atoms with van der Waals surface area (Å²) < 4.78 is 4.82. The lowest BCUT2D eigenvalue weighted by Gasteiger charge is -2.16. The van der Waals surface area contributed by atoms with Crippen molar-refractivity contribution in [1.82, 2.24) is 9.13 Å². The van der Waals surface area contributed by atoms with E-state index in [0.717, 1.165) is 18.5 Å². The summed E-state index contributed by atoms with van der Waals surface area (Å²) in [6, 6.07) is 48.1. The van der Waals surface area contributed by atoms with Crippen molar-refractivity contribution in [2.24, 2.45) is 0 Å². The normalized spacial score (nSPS) is 12.5. The van der Waals surface area contributed by atoms with Crippen LogP contribution in [-0.4, -0.2) is 9.13 Å². The van der Waals surface area contributed by atoms with Crippen LogP contribution in [0, 0.1) is 25.2 Å². The van der Waals surface area contributed by atoms with Gasteiger partial charge in [-0.1, -0.05) is 78.9 Å². The molecule has 0 amide bonds. The molecule has 0 saturated carbocycles. The van der Waals surface area contributed by atoms with Gasteiger partial charge in [-0.05, 0) is 121 Å². The molecule has 0 atom stereocenters. The summed E-state index contributed by atoms with van der Waals surface area (Å²) in [5.41, 5.74) is 16.7. The number of hydrogen-bond donors (Lipinski definition) is 0. The Kier molecular flexibility index (Phi) is 6.45. The first-order valence-electron chi connectivity index (χ1n) is 16.6. The van der Waals surface area contributed by atoms with Gasteiger partial charge < -0.3 is 9.13 Å². The quantitative estimate of drug-likeness (QED) is 0.194. The van der Waals surface area contributed by atoms with Gasteiger partial charge in [-0.2, -0.15) is 5.26 Å². The highest BCUT2D eigenvalue weighted by Crippen LogP contribution is 2.40. The van der Waals surface area contributed by atoms with Gasteiger partial charge in [-0.15, -0.1) is 0 Å². The van der Waals surface area contributed by atoms with Crippen molar-refractivity contribution in [2.45, 2.75) is 26.7 Å². The van der Waals surface area contributed by atoms with E-state index in [1.165, 1.54) is 83.0 Å². The lowest BCUT2D eigenvalue weighted by Crippen LogP contribution is -2.02. The molecule has 0 spiro atoms. The van der Waals surface area contributed by atoms with Crippen molar-refractivity contribution in [1.29, 1.82) is 5.26 Å². The molecule has 228 valence electrons. The number of aromatic nitrogens is 2. The number of benzene rings is 6. The largest absolute Gasteiger partial charge is 0.313 e. The first-order chi connectivity index (χ1) is 23.6. The van der Waals surface area contributed by atoms with Crippen LogP contribution in [0.1, 0.15) is 34.4 Å². The van der Waals surface area contributed by atoms with E-state index < -0.39 is 0 Å². The minimum Gasteiger partial charge on any atom is -0.313 e. The van der Waals surface area contributed by atoms with Crippen LogP contribution in [0.2, 0.25) is 0 Å². The zero-order valence-corrected chi connectivity index (χ0v) is 27.0. The molecule has 1 aliphatic carbocycles. The molecule has 9 rings (SSSR count). The molecule has 48 heavy (non-hydrogen) atoms. The highest BCUT2D eigenvalue weighted by Gasteiger charge is 2.20. The van der Waals surface area contributed by atoms with Crippen molar-refractivity contribution in [3.63, 3.8) is 0 Å². The zero-order chi connectivity index (χ0) is 32.4. The van der Waals surface area contributed by atoms with Crippen molar-refractivity contribution < 1.29 is 0 Å². The van der Waals surface area contributed by atoms with Gasteiger partial charge in [0.05, 0.1) is 28.2 Å². The third-order valence-electron chi connectivity index (χ3n) is 10.2. The molecule has 0 radical (unpaired) electrons. The monoisotopic (exact) mass is 615 g/mol. The first-order valence-corrected chi connectivity index (χ1v) is 16.6. The summed E-state index contributed by atoms with van der Waals surface area (Å²) in [7, 11) is 0. The number of fused-ring (bicyclic) bond motifs is 6. The van der Waals surface area contributed by atoms with Crippen LogP contribution >= 0.6 is 0 Å². The number of rotatable bonds is 4. The maximum atomic E-state index is 9.35. The topological polar surface area (TPSA) is 33.6 Å². The van der Waals surface area contributed by atoms with Crippen molar-refractivity contribution >= 4 is 38.8 Å². The average molecular weight is 616 g/mol. The van der Waals surface area contributed by atoms with Gasteiger partial charge in [0.1, 0.15) is 0 Å². The molecule has 0 bridgehead atoms. The minimum atomic E-state index is 0.678. The molecular formula is C45H33N3. The number of para-hydroxylation sites is 1. The van der Waals surface area contributed by atoms with Gasteiger partial charge in [0.15, 0.2) is 0 Å². The molecular weight excluding hydrogens is 583 g/mol. The van der Waals surface area contributed by atoms with E-state index >= 15 is 0 Å². The second-order valence-electron chi connectivity index (χ2n) is 12.9. The predicted molar refractivity (Wildman–Crippen MR) is 200 cm³/mol. The van der Waals surface area contributed by atoms with Gasteiger partial charge >= 0.3 is 0 Å². The fraction of sp³-hybridized carbons (Fsp3) is 0.0889. The Labute approximate surface area is 280 Å². The molecule has 6 aromatic carbocycles. The molecule has 0 fully saturated rings. The molecule has 1 aliphatic rings. The predicted octanol–water partition coefficient (Wildman–Crippen LogP) is 11.5. The van der Waals surface area contributed by atoms with E-state index in [0.29, 0.717) is 5.56 Å². The van der Waals surface area contributed by atoms with Crippen molar-refractivity contribution in [2.75, 3.05) is 0 Å². The second kappa shape index (κ2) is 11.0. The fourth-order valence-electron chi connectivity index (χ4n) is 7.83. The van der Waals surface area contributed by atoms with Crippen LogP contribution in [0.3, 0.4) is 0 Å². The fourth-order valence-corrected chi connectivity index (χ4v) is 7.83. The highest BCUT2D eigenvalue weighted by atomic mass is 15.0. The lowest BCUT2D eigenvalue weighted by atomic mass is 9.95. The van der Waals surface area contributed by atoms with E-state index in [1.807, 2.05) is 12.1 Å². The van der Waals surface area contributed by atoms with E-state index in [-0.39, 0.29) is 0 Å². The number of nitriles is 1. The van der Waals surface area contributed by atoms with Crippen molar-refractivity contribution in [3.8, 4) is 39.7 Å². The van der Waals surface area contributed by atoms with Crippen LogP contribution in [0.25, 0.3) is 72.4 Å². The average Bonchev–Trinajstić information content (AvgIpc) is 3.64. The Morgan fingerprint density at radius 3 is 2.08 bits per heavy atom. The van der Waals surface area contributed by atoms with Crippen molar-refractivity contribution in [3.05, 3.63) is 161 Å². The highest BCUT2D eigenvalue weighted by molar-refractivity contribution is 6.11. The molecule has 0 aliphatic heterocycles. The minimum absolute atomic E-state index is 0.678. The number of aryl methyl sites for hydroxylation is 1. The summed E-state index contributed by atoms with van der Waals surface area (Å²) >= 11 is 0. The number of nitrogens with zero attached hydrogens (tertiary/aromatic N) is 3. The number of hydrogen-bond acceptors (Lipinski definition) is 1. The third-order valence-corrected chi connectivity index (χ3v) is 10.2. The van der Waals surface area contributed by atoms with Crippen LogP contribution in [-0.2, 0) is 6.42 Å². The molecule has 0 unspecified atom stereocenters. The Hall–Kier alpha value is -6.11. The second-order valence-corrected chi connectivity index (χ2v) is 12.9. The van der Waals surface area contributed by atoms with Crippen LogP contribution in [0.15, 0.2) is 133 Å². The standard InChI is InChI=1S/C45H33N3/c1-29-10-3-4-11-35(29)36-14-9-17-41(30(36)2)48-43-16-8-6-13-38(43)40-27-33(21-25-45(40)48)32-20-24-44-39(26-32)37-12-5-7-15-42(37)47(44)34-22-18-31(28-46)19-23-34/h3-6,8-14,16-27H,7,15H2,1-2H3. The molecule has 3 heteroatoms. The van der Waals surface area contributed by atoms with Gasteiger partial charge in [0.2, 0.25) is 0 Å². The summed E-state index contributed by atoms with van der Waals surface area (Å²) in [5.74, 6) is 0. The van der Waals surface area contributed by atoms with Gasteiger partial charge in [-0.3, -0.25) is 0 Å². The summed E-state index contributed by atoms with van der Waals surface area (Å²) in [6.45, 7) is 4.44. The Morgan fingerprint density at radius 2 is 1.29 bits per heavy atom. The molecule has 2 heterocycles. The van der Waals surface area contributed by atoms with Gasteiger partial charge in [0.25, 0.3) is 0 Å². The Balaban J connectivity index is 1.21. The number of allylic oxidation sites excluding steroid dienone is 1. The first kappa shape index (κ1) is 28.1. The Morgan fingerprint density at radius 1 is 0.604 bits per heavy atom. The van der Waals surface area contributed by atoms with Crippen LogP contribution in [0.4, 0.5) is 0 Å². The molecule has 3 nitrogen and oxygen atoms in total. The third kappa shape index (κ3) is 4.27. The van der Waals surface area contributed by atoms with Crippen LogP contribution < -0.4 is 0 Å². The molecule has 2 aromatic heterocycles. The van der Waals surface area contributed by atoms with Crippen LogP contribution in [0.5, 0.6) is 0 Å². The van der Waals surface area contributed by atoms with E-state index in [4.69, 9.17) is 0 Å². The maximum absolute atomic E-state index is 9.35. The van der Waals surface area contributed by atoms with E-state index in [1.54, 1.807) is 0 Å². The SMILES string of the molecule is Cc1ccccc1-c1cccc(-n2c3ccccc3c3cc(-c4ccc5c(c4)c4c(n5-c5ccc(C#N)cc5)CCC=C4)ccc32)c1C. The zero-order valence-electron chi connectivity index (χ0n) is 27.0. The lowest BCUT2D eigenvalue weighted by molar-refractivity contribution is 0.888. The Bertz CT molecular complexity index is 2640. The summed E-state index contributed by atoms with van der Waals surface area (Å²) in [5, 5.41) is 13.1. The smallest absolute Gasteiger partial charge is 0.0991 e. The van der Waals surface area contributed by atoms with Gasteiger partial charge in [0, 0.05) is 38.8 Å². The maximum Gasteiger partial charge on any atom is 0.0991 e. The van der Waals surface area contributed by atoms with E-state index in [9.17, 15) is 5.26 Å². The molecule has 0 saturated heterocycles. The van der Waals surface area contributed by atoms with Gasteiger partial charge in [-0.25, -0.2) is 0 Å². The van der Waals surface area contributed by atoms with E-state index in [2.05, 4.69) is 156 Å². The summed E-state index contributed by atoms with van der Waals surface area (Å²) in [4.78, 5) is 0. The summed E-state index contributed by atoms with van der Waals surface area (Å²) in [6.07, 6.45) is 6.59. The molecule has 0 N–H and O–H groups in total.